The van der Waals surface area contributed by atoms with Crippen molar-refractivity contribution < 1.29 is 18.6 Å². The summed E-state index contributed by atoms with van der Waals surface area (Å²) in [6, 6.07) is 4.41. The first kappa shape index (κ1) is 13.9. The van der Waals surface area contributed by atoms with Gasteiger partial charge in [-0.25, -0.2) is 4.39 Å². The van der Waals surface area contributed by atoms with Crippen molar-refractivity contribution in [1.29, 1.82) is 0 Å². The van der Waals surface area contributed by atoms with Crippen LogP contribution in [0.1, 0.15) is 5.56 Å². The van der Waals surface area contributed by atoms with E-state index in [9.17, 15) is 4.39 Å². The van der Waals surface area contributed by atoms with Gasteiger partial charge in [-0.05, 0) is 18.2 Å². The Bertz CT molecular complexity index is 334. The molecule has 0 spiro atoms. The molecule has 0 amide bonds. The van der Waals surface area contributed by atoms with Crippen LogP contribution >= 0.6 is 0 Å². The molecule has 0 saturated carbocycles. The normalized spacial score (nSPS) is 10.5. The first-order valence-electron chi connectivity index (χ1n) is 5.37. The molecule has 0 radical (unpaired) electrons. The fourth-order valence-electron chi connectivity index (χ4n) is 1.35. The highest BCUT2D eigenvalue weighted by Gasteiger charge is 2.05. The topological polar surface area (TPSA) is 39.7 Å². The molecule has 1 N–H and O–H groups in total. The number of methoxy groups -OCH3 is 2. The molecule has 1 aromatic rings. The molecule has 5 heteroatoms. The van der Waals surface area contributed by atoms with Gasteiger partial charge in [-0.15, -0.1) is 0 Å². The molecule has 0 aliphatic heterocycles. The fraction of sp³-hybridized carbons (Fsp3) is 0.500. The van der Waals surface area contributed by atoms with Crippen LogP contribution in [-0.2, 0) is 16.0 Å². The van der Waals surface area contributed by atoms with Crippen molar-refractivity contribution in [3.8, 4) is 5.75 Å². The van der Waals surface area contributed by atoms with Gasteiger partial charge in [0.05, 0.1) is 6.61 Å². The van der Waals surface area contributed by atoms with Crippen LogP contribution in [0, 0.1) is 5.82 Å². The summed E-state index contributed by atoms with van der Waals surface area (Å²) in [6.45, 7) is 2.00. The molecule has 0 aliphatic carbocycles. The summed E-state index contributed by atoms with van der Waals surface area (Å²) in [4.78, 5) is 0. The Kier molecular flexibility index (Phi) is 6.54. The van der Waals surface area contributed by atoms with E-state index >= 15 is 0 Å². The molecule has 96 valence electrons. The quantitative estimate of drug-likeness (QED) is 0.555. The molecule has 1 aromatic carbocycles. The lowest BCUT2D eigenvalue weighted by molar-refractivity contribution is 0.0502. The summed E-state index contributed by atoms with van der Waals surface area (Å²) >= 11 is 0. The monoisotopic (exact) mass is 243 g/mol. The van der Waals surface area contributed by atoms with Crippen LogP contribution in [0.25, 0.3) is 0 Å². The zero-order chi connectivity index (χ0) is 12.5. The smallest absolute Gasteiger partial charge is 0.188 e. The minimum absolute atomic E-state index is 0.150. The van der Waals surface area contributed by atoms with Crippen molar-refractivity contribution >= 4 is 0 Å². The van der Waals surface area contributed by atoms with Crippen molar-refractivity contribution in [2.24, 2.45) is 0 Å². The average molecular weight is 243 g/mol. The third-order valence-corrected chi connectivity index (χ3v) is 2.15. The van der Waals surface area contributed by atoms with Crippen molar-refractivity contribution in [3.63, 3.8) is 0 Å². The van der Waals surface area contributed by atoms with Gasteiger partial charge in [0.25, 0.3) is 0 Å². The van der Waals surface area contributed by atoms with E-state index in [0.717, 1.165) is 5.56 Å². The number of halogens is 1. The van der Waals surface area contributed by atoms with Crippen molar-refractivity contribution in [1.82, 2.24) is 5.32 Å². The minimum Gasteiger partial charge on any atom is -0.467 e. The van der Waals surface area contributed by atoms with Gasteiger partial charge in [-0.1, -0.05) is 0 Å². The van der Waals surface area contributed by atoms with Crippen LogP contribution in [-0.4, -0.2) is 34.2 Å². The second-order valence-corrected chi connectivity index (χ2v) is 3.47. The molecule has 0 atom stereocenters. The third-order valence-electron chi connectivity index (χ3n) is 2.15. The number of rotatable bonds is 8. The highest BCUT2D eigenvalue weighted by molar-refractivity contribution is 5.33. The summed E-state index contributed by atoms with van der Waals surface area (Å²) in [7, 11) is 3.18. The van der Waals surface area contributed by atoms with Gasteiger partial charge in [0.1, 0.15) is 11.6 Å². The predicted molar refractivity (Wildman–Crippen MR) is 62.5 cm³/mol. The van der Waals surface area contributed by atoms with E-state index in [2.05, 4.69) is 5.32 Å². The van der Waals surface area contributed by atoms with Gasteiger partial charge in [0.15, 0.2) is 6.79 Å². The third kappa shape index (κ3) is 5.12. The second-order valence-electron chi connectivity index (χ2n) is 3.47. The zero-order valence-electron chi connectivity index (χ0n) is 10.2. The van der Waals surface area contributed by atoms with E-state index in [1.807, 2.05) is 0 Å². The fourth-order valence-corrected chi connectivity index (χ4v) is 1.35. The molecular formula is C12H18FNO3. The van der Waals surface area contributed by atoms with Gasteiger partial charge in [-0.2, -0.15) is 0 Å². The Labute approximate surface area is 101 Å². The van der Waals surface area contributed by atoms with E-state index in [1.165, 1.54) is 12.1 Å². The highest BCUT2D eigenvalue weighted by Crippen LogP contribution is 2.19. The maximum Gasteiger partial charge on any atom is 0.188 e. The molecule has 1 rings (SSSR count). The molecule has 0 fully saturated rings. The number of benzene rings is 1. The zero-order valence-corrected chi connectivity index (χ0v) is 10.2. The molecule has 0 bridgehead atoms. The molecule has 0 aliphatic rings. The number of hydrogen-bond donors (Lipinski definition) is 1. The summed E-state index contributed by atoms with van der Waals surface area (Å²) in [5.74, 6) is 0.344. The van der Waals surface area contributed by atoms with Crippen molar-refractivity contribution in [2.45, 2.75) is 6.54 Å². The molecule has 0 heterocycles. The molecule has 0 saturated heterocycles. The SMILES string of the molecule is COCCNCc1cc(F)ccc1OCOC. The Morgan fingerprint density at radius 1 is 1.24 bits per heavy atom. The van der Waals surface area contributed by atoms with Gasteiger partial charge in [-0.3, -0.25) is 0 Å². The average Bonchev–Trinajstić information content (AvgIpc) is 2.33. The lowest BCUT2D eigenvalue weighted by Crippen LogP contribution is -2.19. The first-order chi connectivity index (χ1) is 8.27. The van der Waals surface area contributed by atoms with E-state index in [0.29, 0.717) is 25.4 Å². The maximum atomic E-state index is 13.1. The Hall–Kier alpha value is -1.17. The Morgan fingerprint density at radius 2 is 2.06 bits per heavy atom. The lowest BCUT2D eigenvalue weighted by atomic mass is 10.2. The van der Waals surface area contributed by atoms with Crippen LogP contribution in [0.3, 0.4) is 0 Å². The van der Waals surface area contributed by atoms with E-state index < -0.39 is 0 Å². The van der Waals surface area contributed by atoms with Crippen molar-refractivity contribution in [2.75, 3.05) is 34.2 Å². The van der Waals surface area contributed by atoms with Crippen molar-refractivity contribution in [3.05, 3.63) is 29.6 Å². The molecular weight excluding hydrogens is 225 g/mol. The number of nitrogens with one attached hydrogen (secondary N) is 1. The standard InChI is InChI=1S/C12H18FNO3/c1-15-6-5-14-8-10-7-11(13)3-4-12(10)17-9-16-2/h3-4,7,14H,5-6,8-9H2,1-2H3. The predicted octanol–water partition coefficient (Wildman–Crippen LogP) is 1.54. The first-order valence-corrected chi connectivity index (χ1v) is 5.37. The molecule has 4 nitrogen and oxygen atoms in total. The molecule has 17 heavy (non-hydrogen) atoms. The van der Waals surface area contributed by atoms with E-state index in [4.69, 9.17) is 14.2 Å². The summed E-state index contributed by atoms with van der Waals surface area (Å²) in [5.41, 5.74) is 0.762. The van der Waals surface area contributed by atoms with Crippen LogP contribution in [0.2, 0.25) is 0 Å². The summed E-state index contributed by atoms with van der Waals surface area (Å²) in [5, 5.41) is 3.13. The summed E-state index contributed by atoms with van der Waals surface area (Å²) in [6.07, 6.45) is 0. The Balaban J connectivity index is 2.56. The van der Waals surface area contributed by atoms with Crippen LogP contribution in [0.5, 0.6) is 5.75 Å². The minimum atomic E-state index is -0.279. The van der Waals surface area contributed by atoms with Crippen LogP contribution in [0.15, 0.2) is 18.2 Å². The highest BCUT2D eigenvalue weighted by atomic mass is 19.1. The van der Waals surface area contributed by atoms with Crippen LogP contribution in [0.4, 0.5) is 4.39 Å². The Morgan fingerprint density at radius 3 is 2.76 bits per heavy atom. The van der Waals surface area contributed by atoms with Gasteiger partial charge < -0.3 is 19.5 Å². The van der Waals surface area contributed by atoms with Gasteiger partial charge >= 0.3 is 0 Å². The van der Waals surface area contributed by atoms with E-state index in [-0.39, 0.29) is 12.6 Å². The van der Waals surface area contributed by atoms with Crippen LogP contribution < -0.4 is 10.1 Å². The largest absolute Gasteiger partial charge is 0.467 e. The lowest BCUT2D eigenvalue weighted by Gasteiger charge is -2.11. The number of ether oxygens (including phenoxy) is 3. The maximum absolute atomic E-state index is 13.1. The van der Waals surface area contributed by atoms with Gasteiger partial charge in [0.2, 0.25) is 0 Å². The van der Waals surface area contributed by atoms with E-state index in [1.54, 1.807) is 20.3 Å². The van der Waals surface area contributed by atoms with Gasteiger partial charge in [0, 0.05) is 32.9 Å². The summed E-state index contributed by atoms with van der Waals surface area (Å²) < 4.78 is 28.2. The molecule has 0 aromatic heterocycles. The second kappa shape index (κ2) is 8.00. The number of hydrogen-bond acceptors (Lipinski definition) is 4. The molecule has 0 unspecified atom stereocenters.